The Kier molecular flexibility index (Phi) is 5.87. The van der Waals surface area contributed by atoms with Crippen molar-refractivity contribution in [3.05, 3.63) is 24.2 Å². The molecule has 1 aliphatic heterocycles. The molecule has 0 bridgehead atoms. The molecule has 1 aromatic heterocycles. The van der Waals surface area contributed by atoms with Gasteiger partial charge in [0.05, 0.1) is 19.4 Å². The van der Waals surface area contributed by atoms with Crippen molar-refractivity contribution in [1.29, 1.82) is 0 Å². The smallest absolute Gasteiger partial charge is 0.321 e. The van der Waals surface area contributed by atoms with Gasteiger partial charge in [-0.25, -0.2) is 4.79 Å². The molecule has 1 aromatic rings. The van der Waals surface area contributed by atoms with Gasteiger partial charge in [0.15, 0.2) is 0 Å². The van der Waals surface area contributed by atoms with Gasteiger partial charge in [0.1, 0.15) is 5.76 Å². The van der Waals surface area contributed by atoms with Crippen molar-refractivity contribution in [3.8, 4) is 0 Å². The van der Waals surface area contributed by atoms with Crippen molar-refractivity contribution in [1.82, 2.24) is 20.4 Å². The summed E-state index contributed by atoms with van der Waals surface area (Å²) in [5.41, 5.74) is 0. The van der Waals surface area contributed by atoms with Gasteiger partial charge in [-0.2, -0.15) is 0 Å². The van der Waals surface area contributed by atoms with Crippen LogP contribution in [0.3, 0.4) is 0 Å². The van der Waals surface area contributed by atoms with Crippen LogP contribution >= 0.6 is 0 Å². The molecule has 3 amide bonds. The van der Waals surface area contributed by atoms with E-state index in [0.29, 0.717) is 5.76 Å². The molecular weight excluding hydrogens is 308 g/mol. The number of nitrogens with one attached hydrogen (secondary N) is 2. The third kappa shape index (κ3) is 4.82. The number of amides is 3. The monoisotopic (exact) mass is 334 g/mol. The number of hydrogen-bond acceptors (Lipinski definition) is 5. The number of hydrogen-bond donors (Lipinski definition) is 2. The number of urea groups is 1. The number of carbonyl (C=O) groups is 2. The predicted octanol–water partition coefficient (Wildman–Crippen LogP) is 1.17. The van der Waals surface area contributed by atoms with Crippen molar-refractivity contribution in [2.45, 2.75) is 38.3 Å². The van der Waals surface area contributed by atoms with E-state index in [1.54, 1.807) is 18.4 Å². The molecular formula is C17H26N4O3. The minimum Gasteiger partial charge on any atom is -0.467 e. The maximum Gasteiger partial charge on any atom is 0.321 e. The van der Waals surface area contributed by atoms with Crippen LogP contribution in [0, 0.1) is 0 Å². The Hall–Kier alpha value is -1.86. The summed E-state index contributed by atoms with van der Waals surface area (Å²) in [5, 5.41) is 4.98. The van der Waals surface area contributed by atoms with Gasteiger partial charge < -0.3 is 9.73 Å². The number of rotatable bonds is 5. The first-order chi connectivity index (χ1) is 11.7. The maximum absolute atomic E-state index is 12.0. The second-order valence-electron chi connectivity index (χ2n) is 6.56. The van der Waals surface area contributed by atoms with Crippen molar-refractivity contribution >= 4 is 11.9 Å². The van der Waals surface area contributed by atoms with Crippen molar-refractivity contribution < 1.29 is 14.0 Å². The highest BCUT2D eigenvalue weighted by molar-refractivity contribution is 5.95. The first-order valence-corrected chi connectivity index (χ1v) is 8.77. The largest absolute Gasteiger partial charge is 0.467 e. The summed E-state index contributed by atoms with van der Waals surface area (Å²) in [6.07, 6.45) is 6.87. The van der Waals surface area contributed by atoms with E-state index in [4.69, 9.17) is 4.42 Å². The fourth-order valence-electron chi connectivity index (χ4n) is 3.55. The van der Waals surface area contributed by atoms with Crippen LogP contribution in [0.15, 0.2) is 22.8 Å². The van der Waals surface area contributed by atoms with E-state index < -0.39 is 6.03 Å². The quantitative estimate of drug-likeness (QED) is 0.845. The molecule has 2 aliphatic rings. The van der Waals surface area contributed by atoms with Crippen LogP contribution in [0.5, 0.6) is 0 Å². The molecule has 2 fully saturated rings. The van der Waals surface area contributed by atoms with Crippen LogP contribution in [0.25, 0.3) is 0 Å². The van der Waals surface area contributed by atoms with Crippen LogP contribution in [-0.2, 0) is 11.3 Å². The second kappa shape index (κ2) is 8.30. The summed E-state index contributed by atoms with van der Waals surface area (Å²) in [7, 11) is 0. The molecule has 0 unspecified atom stereocenters. The van der Waals surface area contributed by atoms with E-state index in [-0.39, 0.29) is 19.0 Å². The summed E-state index contributed by atoms with van der Waals surface area (Å²) in [6, 6.07) is 3.78. The average Bonchev–Trinajstić information content (AvgIpc) is 3.27. The fraction of sp³-hybridized carbons (Fsp3) is 0.647. The SMILES string of the molecule is O=C(CN1CCN(C2CCCC2)CC1)NC(=O)NCc1ccco1. The number of furan rings is 1. The first kappa shape index (κ1) is 17.0. The summed E-state index contributed by atoms with van der Waals surface area (Å²) in [4.78, 5) is 28.3. The molecule has 2 heterocycles. The number of piperazine rings is 1. The van der Waals surface area contributed by atoms with Crippen molar-refractivity contribution in [3.63, 3.8) is 0 Å². The first-order valence-electron chi connectivity index (χ1n) is 8.77. The molecule has 2 N–H and O–H groups in total. The Morgan fingerprint density at radius 3 is 2.58 bits per heavy atom. The van der Waals surface area contributed by atoms with Gasteiger partial charge in [0.2, 0.25) is 5.91 Å². The highest BCUT2D eigenvalue weighted by Gasteiger charge is 2.26. The van der Waals surface area contributed by atoms with Crippen LogP contribution in [0.1, 0.15) is 31.4 Å². The highest BCUT2D eigenvalue weighted by Crippen LogP contribution is 2.24. The highest BCUT2D eigenvalue weighted by atomic mass is 16.3. The predicted molar refractivity (Wildman–Crippen MR) is 89.4 cm³/mol. The van der Waals surface area contributed by atoms with E-state index in [2.05, 4.69) is 20.4 Å². The molecule has 0 spiro atoms. The fourth-order valence-corrected chi connectivity index (χ4v) is 3.55. The molecule has 7 nitrogen and oxygen atoms in total. The van der Waals surface area contributed by atoms with Crippen LogP contribution in [0.2, 0.25) is 0 Å². The Balaban J connectivity index is 1.32. The molecule has 1 saturated carbocycles. The van der Waals surface area contributed by atoms with Gasteiger partial charge >= 0.3 is 6.03 Å². The third-order valence-electron chi connectivity index (χ3n) is 4.87. The summed E-state index contributed by atoms with van der Waals surface area (Å²) in [6.45, 7) is 4.35. The molecule has 24 heavy (non-hydrogen) atoms. The normalized spacial score (nSPS) is 20.2. The van der Waals surface area contributed by atoms with Crippen LogP contribution in [-0.4, -0.2) is 60.5 Å². The van der Waals surface area contributed by atoms with Gasteiger partial charge in [0.25, 0.3) is 0 Å². The standard InChI is InChI=1S/C17H26N4O3/c22-16(19-17(23)18-12-15-6-3-11-24-15)13-20-7-9-21(10-8-20)14-4-1-2-5-14/h3,6,11,14H,1-2,4-5,7-10,12-13H2,(H2,18,19,22,23). The Morgan fingerprint density at radius 2 is 1.92 bits per heavy atom. The van der Waals surface area contributed by atoms with E-state index >= 15 is 0 Å². The van der Waals surface area contributed by atoms with Gasteiger partial charge in [0, 0.05) is 32.2 Å². The lowest BCUT2D eigenvalue weighted by atomic mass is 10.2. The molecule has 1 aliphatic carbocycles. The molecule has 0 atom stereocenters. The third-order valence-corrected chi connectivity index (χ3v) is 4.87. The van der Waals surface area contributed by atoms with Gasteiger partial charge in [-0.15, -0.1) is 0 Å². The minimum absolute atomic E-state index is 0.263. The Bertz CT molecular complexity index is 532. The minimum atomic E-state index is -0.485. The van der Waals surface area contributed by atoms with Crippen LogP contribution in [0.4, 0.5) is 4.79 Å². The number of nitrogens with zero attached hydrogens (tertiary/aromatic N) is 2. The zero-order chi connectivity index (χ0) is 16.8. The number of imide groups is 1. The molecule has 7 heteroatoms. The molecule has 132 valence electrons. The van der Waals surface area contributed by atoms with Crippen molar-refractivity contribution in [2.75, 3.05) is 32.7 Å². The van der Waals surface area contributed by atoms with Crippen LogP contribution < -0.4 is 10.6 Å². The number of carbonyl (C=O) groups excluding carboxylic acids is 2. The lowest BCUT2D eigenvalue weighted by Crippen LogP contribution is -2.52. The van der Waals surface area contributed by atoms with E-state index in [0.717, 1.165) is 32.2 Å². The topological polar surface area (TPSA) is 77.8 Å². The molecule has 3 rings (SSSR count). The lowest BCUT2D eigenvalue weighted by molar-refractivity contribution is -0.121. The van der Waals surface area contributed by atoms with E-state index in [1.807, 2.05) is 0 Å². The van der Waals surface area contributed by atoms with E-state index in [1.165, 1.54) is 25.7 Å². The molecule has 0 radical (unpaired) electrons. The Morgan fingerprint density at radius 1 is 1.17 bits per heavy atom. The Labute approximate surface area is 142 Å². The molecule has 1 saturated heterocycles. The van der Waals surface area contributed by atoms with E-state index in [9.17, 15) is 9.59 Å². The summed E-state index contributed by atoms with van der Waals surface area (Å²) in [5.74, 6) is 0.391. The summed E-state index contributed by atoms with van der Waals surface area (Å²) < 4.78 is 5.12. The van der Waals surface area contributed by atoms with Gasteiger partial charge in [-0.05, 0) is 25.0 Å². The lowest BCUT2D eigenvalue weighted by Gasteiger charge is -2.37. The zero-order valence-corrected chi connectivity index (χ0v) is 14.0. The van der Waals surface area contributed by atoms with Crippen molar-refractivity contribution in [2.24, 2.45) is 0 Å². The zero-order valence-electron chi connectivity index (χ0n) is 14.0. The van der Waals surface area contributed by atoms with Gasteiger partial charge in [-0.3, -0.25) is 19.9 Å². The second-order valence-corrected chi connectivity index (χ2v) is 6.56. The average molecular weight is 334 g/mol. The molecule has 0 aromatic carbocycles. The maximum atomic E-state index is 12.0. The summed E-state index contributed by atoms with van der Waals surface area (Å²) >= 11 is 0. The van der Waals surface area contributed by atoms with Gasteiger partial charge in [-0.1, -0.05) is 12.8 Å².